The lowest BCUT2D eigenvalue weighted by Crippen LogP contribution is -2.54. The molecule has 5 rings (SSSR count). The van der Waals surface area contributed by atoms with Gasteiger partial charge in [0.15, 0.2) is 11.3 Å². The largest absolute Gasteiger partial charge is 0.483 e. The van der Waals surface area contributed by atoms with Crippen LogP contribution in [0, 0.1) is 12.7 Å². The van der Waals surface area contributed by atoms with Gasteiger partial charge in [0.1, 0.15) is 29.0 Å². The van der Waals surface area contributed by atoms with Crippen LogP contribution in [0.1, 0.15) is 5.82 Å². The van der Waals surface area contributed by atoms with Gasteiger partial charge in [0.2, 0.25) is 5.95 Å². The zero-order valence-electron chi connectivity index (χ0n) is 17.6. The molecule has 1 aliphatic rings. The number of anilines is 1. The highest BCUT2D eigenvalue weighted by Crippen LogP contribution is 2.31. The minimum Gasteiger partial charge on any atom is -0.483 e. The standard InChI is InChI=1S/C21H19ClFN7O2/c1-11-25-18-17(15-5-4-12(22)6-16(15)23)26-21(27-19(18)20(31)29(11)3)30-9-14(10-30)32-13-7-24-28(2)8-13/h4-8,14H,9-10H2,1-3H3. The second-order valence-corrected chi connectivity index (χ2v) is 8.15. The van der Waals surface area contributed by atoms with E-state index in [4.69, 9.17) is 16.3 Å². The Balaban J connectivity index is 1.56. The lowest BCUT2D eigenvalue weighted by molar-refractivity contribution is 0.166. The minimum atomic E-state index is -0.551. The van der Waals surface area contributed by atoms with Crippen LogP contribution >= 0.6 is 11.6 Å². The lowest BCUT2D eigenvalue weighted by atomic mass is 10.1. The topological polar surface area (TPSA) is 91.0 Å². The first-order chi connectivity index (χ1) is 15.3. The third kappa shape index (κ3) is 3.46. The van der Waals surface area contributed by atoms with Gasteiger partial charge in [-0.05, 0) is 25.1 Å². The van der Waals surface area contributed by atoms with E-state index in [1.54, 1.807) is 37.1 Å². The fourth-order valence-electron chi connectivity index (χ4n) is 3.58. The average molecular weight is 456 g/mol. The Morgan fingerprint density at radius 1 is 1.16 bits per heavy atom. The monoisotopic (exact) mass is 455 g/mol. The average Bonchev–Trinajstić information content (AvgIpc) is 3.13. The van der Waals surface area contributed by atoms with Crippen LogP contribution in [0.4, 0.5) is 10.3 Å². The number of halogens is 2. The van der Waals surface area contributed by atoms with Crippen LogP contribution in [-0.2, 0) is 14.1 Å². The molecule has 3 aromatic heterocycles. The second kappa shape index (κ2) is 7.56. The van der Waals surface area contributed by atoms with E-state index in [-0.39, 0.29) is 39.0 Å². The normalized spacial score (nSPS) is 14.1. The molecule has 0 unspecified atom stereocenters. The molecule has 4 heterocycles. The number of nitrogens with zero attached hydrogens (tertiary/aromatic N) is 7. The molecule has 1 aromatic carbocycles. The predicted molar refractivity (Wildman–Crippen MR) is 118 cm³/mol. The van der Waals surface area contributed by atoms with Gasteiger partial charge in [-0.1, -0.05) is 11.6 Å². The van der Waals surface area contributed by atoms with E-state index in [0.717, 1.165) is 0 Å². The molecule has 11 heteroatoms. The zero-order valence-corrected chi connectivity index (χ0v) is 18.3. The first kappa shape index (κ1) is 20.4. The molecule has 1 fully saturated rings. The molecule has 0 spiro atoms. The highest BCUT2D eigenvalue weighted by molar-refractivity contribution is 6.30. The number of aromatic nitrogens is 6. The first-order valence-corrected chi connectivity index (χ1v) is 10.3. The van der Waals surface area contributed by atoms with Crippen molar-refractivity contribution in [1.82, 2.24) is 29.3 Å². The van der Waals surface area contributed by atoms with Crippen LogP contribution in [0.2, 0.25) is 5.02 Å². The maximum Gasteiger partial charge on any atom is 0.279 e. The summed E-state index contributed by atoms with van der Waals surface area (Å²) in [5.74, 6) is 0.915. The molecule has 164 valence electrons. The number of hydrogen-bond donors (Lipinski definition) is 0. The number of aryl methyl sites for hydroxylation is 2. The Hall–Kier alpha value is -3.53. The van der Waals surface area contributed by atoms with Crippen LogP contribution in [0.15, 0.2) is 35.4 Å². The summed E-state index contributed by atoms with van der Waals surface area (Å²) < 4.78 is 23.7. The molecule has 0 amide bonds. The molecule has 4 aromatic rings. The maximum atomic E-state index is 14.8. The van der Waals surface area contributed by atoms with Gasteiger partial charge < -0.3 is 9.64 Å². The smallest absolute Gasteiger partial charge is 0.279 e. The molecule has 0 N–H and O–H groups in total. The molecular formula is C21H19ClFN7O2. The van der Waals surface area contributed by atoms with Crippen molar-refractivity contribution < 1.29 is 9.13 Å². The molecule has 32 heavy (non-hydrogen) atoms. The molecule has 0 bridgehead atoms. The third-order valence-electron chi connectivity index (χ3n) is 5.44. The maximum absolute atomic E-state index is 14.8. The molecule has 0 saturated carbocycles. The number of rotatable bonds is 4. The fourth-order valence-corrected chi connectivity index (χ4v) is 3.74. The number of benzene rings is 1. The van der Waals surface area contributed by atoms with Gasteiger partial charge in [-0.2, -0.15) is 5.10 Å². The van der Waals surface area contributed by atoms with Crippen molar-refractivity contribution in [3.05, 3.63) is 57.6 Å². The van der Waals surface area contributed by atoms with Gasteiger partial charge in [0.05, 0.1) is 25.5 Å². The minimum absolute atomic E-state index is 0.0757. The van der Waals surface area contributed by atoms with Crippen molar-refractivity contribution in [1.29, 1.82) is 0 Å². The molecule has 0 aliphatic carbocycles. The number of hydrogen-bond acceptors (Lipinski definition) is 7. The van der Waals surface area contributed by atoms with Gasteiger partial charge in [-0.15, -0.1) is 0 Å². The van der Waals surface area contributed by atoms with E-state index < -0.39 is 5.82 Å². The Bertz CT molecular complexity index is 1410. The molecule has 1 aliphatic heterocycles. The summed E-state index contributed by atoms with van der Waals surface area (Å²) in [5, 5.41) is 4.36. The quantitative estimate of drug-likeness (QED) is 0.467. The number of ether oxygens (including phenoxy) is 1. The van der Waals surface area contributed by atoms with Crippen molar-refractivity contribution in [2.24, 2.45) is 14.1 Å². The van der Waals surface area contributed by atoms with Crippen molar-refractivity contribution in [3.8, 4) is 17.0 Å². The number of fused-ring (bicyclic) bond motifs is 1. The fraction of sp³-hybridized carbons (Fsp3) is 0.286. The van der Waals surface area contributed by atoms with Gasteiger partial charge in [0.25, 0.3) is 5.56 Å². The summed E-state index contributed by atoms with van der Waals surface area (Å²) >= 11 is 5.92. The van der Waals surface area contributed by atoms with E-state index in [1.807, 2.05) is 11.9 Å². The van der Waals surface area contributed by atoms with Crippen molar-refractivity contribution >= 4 is 28.6 Å². The summed E-state index contributed by atoms with van der Waals surface area (Å²) in [6.07, 6.45) is 3.36. The summed E-state index contributed by atoms with van der Waals surface area (Å²) in [7, 11) is 3.44. The van der Waals surface area contributed by atoms with Crippen molar-refractivity contribution in [3.63, 3.8) is 0 Å². The first-order valence-electron chi connectivity index (χ1n) is 9.91. The van der Waals surface area contributed by atoms with Crippen LogP contribution in [0.25, 0.3) is 22.3 Å². The molecule has 0 atom stereocenters. The Morgan fingerprint density at radius 3 is 2.62 bits per heavy atom. The van der Waals surface area contributed by atoms with Gasteiger partial charge in [0, 0.05) is 24.7 Å². The van der Waals surface area contributed by atoms with Gasteiger partial charge in [-0.25, -0.2) is 19.3 Å². The van der Waals surface area contributed by atoms with Gasteiger partial charge in [-0.3, -0.25) is 14.0 Å². The van der Waals surface area contributed by atoms with Crippen LogP contribution in [0.5, 0.6) is 5.75 Å². The molecule has 1 saturated heterocycles. The summed E-state index contributed by atoms with van der Waals surface area (Å²) in [6, 6.07) is 4.31. The molecule has 0 radical (unpaired) electrons. The zero-order chi connectivity index (χ0) is 22.6. The Morgan fingerprint density at radius 2 is 1.94 bits per heavy atom. The second-order valence-electron chi connectivity index (χ2n) is 7.71. The Kier molecular flexibility index (Phi) is 4.81. The van der Waals surface area contributed by atoms with Crippen molar-refractivity contribution in [2.75, 3.05) is 18.0 Å². The third-order valence-corrected chi connectivity index (χ3v) is 5.67. The summed E-state index contributed by atoms with van der Waals surface area (Å²) in [4.78, 5) is 28.3. The van der Waals surface area contributed by atoms with E-state index in [0.29, 0.717) is 30.6 Å². The van der Waals surface area contributed by atoms with Gasteiger partial charge >= 0.3 is 0 Å². The molecular weight excluding hydrogens is 437 g/mol. The SMILES string of the molecule is Cc1nc2c(-c3ccc(Cl)cc3F)nc(N3CC(Oc4cnn(C)c4)C3)nc2c(=O)n1C. The van der Waals surface area contributed by atoms with E-state index in [9.17, 15) is 9.18 Å². The van der Waals surface area contributed by atoms with Crippen LogP contribution < -0.4 is 15.2 Å². The summed E-state index contributed by atoms with van der Waals surface area (Å²) in [6.45, 7) is 2.73. The van der Waals surface area contributed by atoms with Crippen LogP contribution in [0.3, 0.4) is 0 Å². The predicted octanol–water partition coefficient (Wildman–Crippen LogP) is 2.49. The van der Waals surface area contributed by atoms with E-state index in [1.165, 1.54) is 16.7 Å². The highest BCUT2D eigenvalue weighted by Gasteiger charge is 2.32. The summed E-state index contributed by atoms with van der Waals surface area (Å²) in [5.41, 5.74) is 0.502. The highest BCUT2D eigenvalue weighted by atomic mass is 35.5. The lowest BCUT2D eigenvalue weighted by Gasteiger charge is -2.38. The van der Waals surface area contributed by atoms with E-state index in [2.05, 4.69) is 20.1 Å². The Labute approximate surface area is 187 Å². The van der Waals surface area contributed by atoms with E-state index >= 15 is 0 Å². The molecule has 9 nitrogen and oxygen atoms in total. The van der Waals surface area contributed by atoms with Crippen molar-refractivity contribution in [2.45, 2.75) is 13.0 Å². The van der Waals surface area contributed by atoms with Crippen LogP contribution in [-0.4, -0.2) is 48.5 Å².